The fourth-order valence-corrected chi connectivity index (χ4v) is 2.17. The average Bonchev–Trinajstić information content (AvgIpc) is 2.50. The molecule has 2 heteroatoms. The van der Waals surface area contributed by atoms with E-state index in [1.165, 1.54) is 0 Å². The number of ketones is 1. The van der Waals surface area contributed by atoms with Crippen molar-refractivity contribution in [1.29, 1.82) is 0 Å². The SMILES string of the molecule is CC.O=C1CC(c2cc[c-]cc2)=Cc2ccccc21.[Y]. The van der Waals surface area contributed by atoms with Gasteiger partial charge in [0.05, 0.1) is 0 Å². The standard InChI is InChI=1S/C16H11O.C2H6.Y/c17-16-11-14(12-6-2-1-3-7-12)10-13-8-4-5-9-15(13)16;1-2;/h2-10H,11H2;1-2H3;/q-1;;. The van der Waals surface area contributed by atoms with E-state index in [4.69, 9.17) is 0 Å². The molecule has 3 rings (SSSR count). The van der Waals surface area contributed by atoms with Crippen molar-refractivity contribution in [3.05, 3.63) is 71.3 Å². The van der Waals surface area contributed by atoms with E-state index in [1.807, 2.05) is 62.4 Å². The molecule has 0 aromatic heterocycles. The molecule has 0 N–H and O–H groups in total. The molecule has 0 saturated heterocycles. The number of rotatable bonds is 1. The van der Waals surface area contributed by atoms with Crippen molar-refractivity contribution in [2.75, 3.05) is 0 Å². The Bertz CT molecular complexity index is 600. The molecule has 0 bridgehead atoms. The van der Waals surface area contributed by atoms with Gasteiger partial charge in [-0.25, -0.2) is 0 Å². The molecule has 1 nitrogen and oxygen atoms in total. The second-order valence-electron chi connectivity index (χ2n) is 4.15. The van der Waals surface area contributed by atoms with Crippen LogP contribution in [0.25, 0.3) is 11.6 Å². The van der Waals surface area contributed by atoms with Gasteiger partial charge >= 0.3 is 0 Å². The van der Waals surface area contributed by atoms with Gasteiger partial charge in [-0.2, -0.15) is 30.3 Å². The fourth-order valence-electron chi connectivity index (χ4n) is 2.17. The van der Waals surface area contributed by atoms with Crippen molar-refractivity contribution < 1.29 is 37.5 Å². The van der Waals surface area contributed by atoms with E-state index in [-0.39, 0.29) is 38.5 Å². The van der Waals surface area contributed by atoms with Gasteiger partial charge in [-0.15, -0.1) is 5.56 Å². The van der Waals surface area contributed by atoms with E-state index >= 15 is 0 Å². The van der Waals surface area contributed by atoms with E-state index in [2.05, 4.69) is 12.1 Å². The molecule has 0 atom stereocenters. The molecule has 0 saturated carbocycles. The number of allylic oxidation sites excluding steroid dienone is 1. The molecule has 0 amide bonds. The van der Waals surface area contributed by atoms with Gasteiger partial charge in [0.1, 0.15) is 0 Å². The molecule has 0 heterocycles. The smallest absolute Gasteiger partial charge is 0.167 e. The molecule has 99 valence electrons. The summed E-state index contributed by atoms with van der Waals surface area (Å²) in [6.45, 7) is 4.00. The Morgan fingerprint density at radius 2 is 1.65 bits per heavy atom. The van der Waals surface area contributed by atoms with Crippen LogP contribution in [0.1, 0.15) is 41.8 Å². The van der Waals surface area contributed by atoms with E-state index in [0.29, 0.717) is 6.42 Å². The largest absolute Gasteiger partial charge is 0.294 e. The number of carbonyl (C=O) groups is 1. The fraction of sp³-hybridized carbons (Fsp3) is 0.167. The first-order valence-electron chi connectivity index (χ1n) is 6.64. The monoisotopic (exact) mass is 338 g/mol. The predicted molar refractivity (Wildman–Crippen MR) is 79.9 cm³/mol. The first-order valence-corrected chi connectivity index (χ1v) is 6.64. The number of carbonyl (C=O) groups excluding carboxylic acids is 1. The summed E-state index contributed by atoms with van der Waals surface area (Å²) in [6.07, 6.45) is 2.59. The second kappa shape index (κ2) is 8.29. The normalized spacial score (nSPS) is 12.3. The van der Waals surface area contributed by atoms with E-state index < -0.39 is 0 Å². The molecule has 20 heavy (non-hydrogen) atoms. The van der Waals surface area contributed by atoms with Crippen LogP contribution in [0.3, 0.4) is 0 Å². The second-order valence-corrected chi connectivity index (χ2v) is 4.15. The van der Waals surface area contributed by atoms with Crippen LogP contribution >= 0.6 is 0 Å². The van der Waals surface area contributed by atoms with Gasteiger partial charge in [0.15, 0.2) is 5.78 Å². The molecule has 1 aliphatic carbocycles. The molecule has 0 unspecified atom stereocenters. The Balaban J connectivity index is 0.000000639. The quantitative estimate of drug-likeness (QED) is 0.693. The third-order valence-electron chi connectivity index (χ3n) is 3.03. The van der Waals surface area contributed by atoms with Crippen molar-refractivity contribution in [1.82, 2.24) is 0 Å². The molecule has 2 aromatic rings. The summed E-state index contributed by atoms with van der Waals surface area (Å²) in [6, 6.07) is 18.5. The van der Waals surface area contributed by atoms with Gasteiger partial charge in [-0.3, -0.25) is 4.79 Å². The summed E-state index contributed by atoms with van der Waals surface area (Å²) in [5.74, 6) is 0.200. The minimum absolute atomic E-state index is 0. The molecule has 0 spiro atoms. The van der Waals surface area contributed by atoms with Crippen LogP contribution in [0, 0.1) is 6.07 Å². The molecule has 0 aliphatic heterocycles. The minimum Gasteiger partial charge on any atom is -0.294 e. The van der Waals surface area contributed by atoms with Crippen molar-refractivity contribution in [3.8, 4) is 0 Å². The Kier molecular flexibility index (Phi) is 7.05. The summed E-state index contributed by atoms with van der Waals surface area (Å²) in [4.78, 5) is 12.0. The summed E-state index contributed by atoms with van der Waals surface area (Å²) < 4.78 is 0. The predicted octanol–water partition coefficient (Wildman–Crippen LogP) is 4.64. The van der Waals surface area contributed by atoms with Crippen LogP contribution in [0.2, 0.25) is 0 Å². The Hall–Kier alpha value is -1.05. The molecule has 1 aliphatic rings. The third kappa shape index (κ3) is 3.74. The molecule has 2 aromatic carbocycles. The Morgan fingerprint density at radius 3 is 2.35 bits per heavy atom. The molecular formula is C18H17OY-. The molecule has 1 radical (unpaired) electrons. The number of benzene rings is 2. The summed E-state index contributed by atoms with van der Waals surface area (Å²) in [5.41, 5.74) is 4.04. The summed E-state index contributed by atoms with van der Waals surface area (Å²) in [7, 11) is 0. The zero-order chi connectivity index (χ0) is 13.7. The van der Waals surface area contributed by atoms with E-state index in [9.17, 15) is 4.79 Å². The van der Waals surface area contributed by atoms with Gasteiger partial charge in [0.25, 0.3) is 0 Å². The topological polar surface area (TPSA) is 17.1 Å². The number of hydrogen-bond donors (Lipinski definition) is 0. The first-order chi connectivity index (χ1) is 9.34. The number of hydrogen-bond acceptors (Lipinski definition) is 1. The van der Waals surface area contributed by atoms with Crippen LogP contribution in [-0.2, 0) is 32.7 Å². The van der Waals surface area contributed by atoms with Gasteiger partial charge in [0.2, 0.25) is 0 Å². The zero-order valence-corrected chi connectivity index (χ0v) is 14.7. The van der Waals surface area contributed by atoms with Crippen LogP contribution in [0.4, 0.5) is 0 Å². The molecular weight excluding hydrogens is 321 g/mol. The Morgan fingerprint density at radius 1 is 1.00 bits per heavy atom. The molecule has 0 fully saturated rings. The van der Waals surface area contributed by atoms with Gasteiger partial charge in [0, 0.05) is 44.7 Å². The maximum absolute atomic E-state index is 12.0. The van der Waals surface area contributed by atoms with Crippen LogP contribution in [-0.4, -0.2) is 5.78 Å². The Labute approximate surface area is 146 Å². The first kappa shape index (κ1) is 17.0. The zero-order valence-electron chi connectivity index (χ0n) is 11.9. The maximum atomic E-state index is 12.0. The van der Waals surface area contributed by atoms with Crippen LogP contribution in [0.15, 0.2) is 48.5 Å². The third-order valence-corrected chi connectivity index (χ3v) is 3.03. The van der Waals surface area contributed by atoms with Crippen molar-refractivity contribution in [3.63, 3.8) is 0 Å². The average molecular weight is 338 g/mol. The van der Waals surface area contributed by atoms with E-state index in [1.54, 1.807) is 0 Å². The van der Waals surface area contributed by atoms with Crippen LogP contribution < -0.4 is 0 Å². The van der Waals surface area contributed by atoms with Gasteiger partial charge < -0.3 is 0 Å². The minimum atomic E-state index is 0. The summed E-state index contributed by atoms with van der Waals surface area (Å²) >= 11 is 0. The van der Waals surface area contributed by atoms with Crippen LogP contribution in [0.5, 0.6) is 0 Å². The van der Waals surface area contributed by atoms with Crippen molar-refractivity contribution in [2.45, 2.75) is 20.3 Å². The van der Waals surface area contributed by atoms with E-state index in [0.717, 1.165) is 22.3 Å². The van der Waals surface area contributed by atoms with Crippen molar-refractivity contribution >= 4 is 17.4 Å². The number of Topliss-reactive ketones (excluding diaryl/α,β-unsaturated/α-hetero) is 1. The van der Waals surface area contributed by atoms with Crippen molar-refractivity contribution in [2.24, 2.45) is 0 Å². The summed E-state index contributed by atoms with van der Waals surface area (Å²) in [5, 5.41) is 0. The maximum Gasteiger partial charge on any atom is 0.167 e. The van der Waals surface area contributed by atoms with Gasteiger partial charge in [-0.1, -0.05) is 49.8 Å². The number of fused-ring (bicyclic) bond motifs is 1. The van der Waals surface area contributed by atoms with Gasteiger partial charge in [-0.05, 0) is 5.56 Å².